The Labute approximate surface area is 198 Å². The molecule has 0 radical (unpaired) electrons. The van der Waals surface area contributed by atoms with E-state index < -0.39 is 6.04 Å². The molecular weight excluding hydrogens is 455 g/mol. The van der Waals surface area contributed by atoms with E-state index in [-0.39, 0.29) is 30.8 Å². The Hall–Kier alpha value is -1.75. The number of nitrogens with zero attached hydrogens (tertiary/aromatic N) is 1. The van der Waals surface area contributed by atoms with Crippen molar-refractivity contribution >= 4 is 46.6 Å². The highest BCUT2D eigenvalue weighted by atomic mass is 35.5. The monoisotopic (exact) mass is 480 g/mol. The second kappa shape index (κ2) is 11.2. The molecule has 1 saturated carbocycles. The van der Waals surface area contributed by atoms with Gasteiger partial charge in [-0.2, -0.15) is 0 Å². The van der Waals surface area contributed by atoms with E-state index in [2.05, 4.69) is 5.32 Å². The van der Waals surface area contributed by atoms with E-state index in [1.807, 2.05) is 18.2 Å². The number of benzene rings is 2. The summed E-state index contributed by atoms with van der Waals surface area (Å²) >= 11 is 19.0. The number of halogens is 3. The Morgan fingerprint density at radius 1 is 0.968 bits per heavy atom. The van der Waals surface area contributed by atoms with Gasteiger partial charge in [0.05, 0.1) is 6.42 Å². The maximum Gasteiger partial charge on any atom is 0.242 e. The van der Waals surface area contributed by atoms with Gasteiger partial charge in [0, 0.05) is 33.2 Å². The minimum absolute atomic E-state index is 0.0861. The zero-order valence-corrected chi connectivity index (χ0v) is 19.8. The fourth-order valence-electron chi connectivity index (χ4n) is 3.91. The molecule has 0 heterocycles. The largest absolute Gasteiger partial charge is 0.352 e. The lowest BCUT2D eigenvalue weighted by Gasteiger charge is -2.31. The van der Waals surface area contributed by atoms with E-state index >= 15 is 0 Å². The van der Waals surface area contributed by atoms with Gasteiger partial charge in [-0.15, -0.1) is 0 Å². The van der Waals surface area contributed by atoms with Crippen LogP contribution < -0.4 is 5.32 Å². The molecule has 0 bridgehead atoms. The lowest BCUT2D eigenvalue weighted by molar-refractivity contribution is -0.140. The first kappa shape index (κ1) is 23.9. The molecule has 1 atom stereocenters. The fourth-order valence-corrected chi connectivity index (χ4v) is 4.63. The van der Waals surface area contributed by atoms with Gasteiger partial charge in [0.15, 0.2) is 0 Å². The number of hydrogen-bond acceptors (Lipinski definition) is 2. The van der Waals surface area contributed by atoms with Gasteiger partial charge < -0.3 is 10.2 Å². The first-order valence-corrected chi connectivity index (χ1v) is 11.8. The van der Waals surface area contributed by atoms with Gasteiger partial charge in [-0.05, 0) is 43.5 Å². The Balaban J connectivity index is 1.82. The third-order valence-electron chi connectivity index (χ3n) is 5.81. The summed E-state index contributed by atoms with van der Waals surface area (Å²) in [6.45, 7) is 1.88. The van der Waals surface area contributed by atoms with Crippen molar-refractivity contribution in [2.24, 2.45) is 0 Å². The number of amides is 2. The second-order valence-electron chi connectivity index (χ2n) is 8.01. The van der Waals surface area contributed by atoms with Gasteiger partial charge in [0.1, 0.15) is 6.04 Å². The van der Waals surface area contributed by atoms with Crippen LogP contribution in [0.1, 0.15) is 50.2 Å². The van der Waals surface area contributed by atoms with Gasteiger partial charge in [0.25, 0.3) is 0 Å². The summed E-state index contributed by atoms with van der Waals surface area (Å²) in [5, 5.41) is 4.56. The molecule has 3 rings (SSSR count). The summed E-state index contributed by atoms with van der Waals surface area (Å²) in [5.74, 6) is -0.377. The smallest absolute Gasteiger partial charge is 0.242 e. The first-order chi connectivity index (χ1) is 14.9. The van der Waals surface area contributed by atoms with E-state index in [0.29, 0.717) is 26.2 Å². The predicted molar refractivity (Wildman–Crippen MR) is 127 cm³/mol. The summed E-state index contributed by atoms with van der Waals surface area (Å²) in [6.07, 6.45) is 5.47. The maximum absolute atomic E-state index is 13.3. The Morgan fingerprint density at radius 2 is 1.58 bits per heavy atom. The average Bonchev–Trinajstić information content (AvgIpc) is 2.75. The Bertz CT molecular complexity index is 909. The van der Waals surface area contributed by atoms with Crippen molar-refractivity contribution in [2.75, 3.05) is 0 Å². The summed E-state index contributed by atoms with van der Waals surface area (Å²) in [4.78, 5) is 27.9. The molecule has 0 aromatic heterocycles. The number of nitrogens with one attached hydrogen (secondary N) is 1. The molecule has 0 aliphatic heterocycles. The van der Waals surface area contributed by atoms with Gasteiger partial charge >= 0.3 is 0 Å². The Kier molecular flexibility index (Phi) is 8.65. The molecule has 4 nitrogen and oxygen atoms in total. The van der Waals surface area contributed by atoms with Crippen molar-refractivity contribution in [3.05, 3.63) is 68.7 Å². The minimum atomic E-state index is -0.677. The molecule has 1 aliphatic carbocycles. The SMILES string of the molecule is C[C@@H](C(=O)NC1CCCCC1)N(Cc1c(Cl)cccc1Cl)C(=O)Cc1ccccc1Cl. The van der Waals surface area contributed by atoms with Crippen molar-refractivity contribution in [3.63, 3.8) is 0 Å². The van der Waals surface area contributed by atoms with Gasteiger partial charge in [-0.3, -0.25) is 9.59 Å². The Morgan fingerprint density at radius 3 is 2.23 bits per heavy atom. The highest BCUT2D eigenvalue weighted by Crippen LogP contribution is 2.27. The lowest BCUT2D eigenvalue weighted by Crippen LogP contribution is -2.50. The van der Waals surface area contributed by atoms with Crippen molar-refractivity contribution in [3.8, 4) is 0 Å². The molecule has 31 heavy (non-hydrogen) atoms. The molecule has 166 valence electrons. The van der Waals surface area contributed by atoms with E-state index in [0.717, 1.165) is 25.7 Å². The van der Waals surface area contributed by atoms with Gasteiger partial charge in [-0.25, -0.2) is 0 Å². The van der Waals surface area contributed by atoms with Crippen molar-refractivity contribution in [1.82, 2.24) is 10.2 Å². The predicted octanol–water partition coefficient (Wildman–Crippen LogP) is 6.06. The summed E-state index contributed by atoms with van der Waals surface area (Å²) < 4.78 is 0. The van der Waals surface area contributed by atoms with Crippen LogP contribution in [0.25, 0.3) is 0 Å². The fraction of sp³-hybridized carbons (Fsp3) is 0.417. The second-order valence-corrected chi connectivity index (χ2v) is 9.23. The van der Waals surface area contributed by atoms with E-state index in [9.17, 15) is 9.59 Å². The van der Waals surface area contributed by atoms with E-state index in [1.54, 1.807) is 31.2 Å². The van der Waals surface area contributed by atoms with E-state index in [4.69, 9.17) is 34.8 Å². The first-order valence-electron chi connectivity index (χ1n) is 10.6. The number of rotatable bonds is 7. The normalized spacial score (nSPS) is 15.4. The molecule has 2 amide bonds. The van der Waals surface area contributed by atoms with Crippen molar-refractivity contribution < 1.29 is 9.59 Å². The van der Waals surface area contributed by atoms with Crippen LogP contribution in [0.3, 0.4) is 0 Å². The van der Waals surface area contributed by atoms with Crippen LogP contribution in [0.4, 0.5) is 0 Å². The van der Waals surface area contributed by atoms with Crippen LogP contribution in [0, 0.1) is 0 Å². The van der Waals surface area contributed by atoms with E-state index in [1.165, 1.54) is 11.3 Å². The minimum Gasteiger partial charge on any atom is -0.352 e. The lowest BCUT2D eigenvalue weighted by atomic mass is 9.95. The molecule has 0 unspecified atom stereocenters. The molecule has 7 heteroatoms. The molecule has 1 N–H and O–H groups in total. The summed E-state index contributed by atoms with van der Waals surface area (Å²) in [7, 11) is 0. The van der Waals surface area contributed by atoms with Crippen LogP contribution >= 0.6 is 34.8 Å². The van der Waals surface area contributed by atoms with Crippen molar-refractivity contribution in [2.45, 2.75) is 64.1 Å². The molecule has 2 aromatic carbocycles. The molecule has 0 saturated heterocycles. The van der Waals surface area contributed by atoms with Gasteiger partial charge in [-0.1, -0.05) is 78.3 Å². The van der Waals surface area contributed by atoms with Crippen LogP contribution in [0.15, 0.2) is 42.5 Å². The van der Waals surface area contributed by atoms with Crippen LogP contribution in [-0.4, -0.2) is 28.8 Å². The topological polar surface area (TPSA) is 49.4 Å². The number of hydrogen-bond donors (Lipinski definition) is 1. The van der Waals surface area contributed by atoms with Crippen molar-refractivity contribution in [1.29, 1.82) is 0 Å². The van der Waals surface area contributed by atoms with Crippen LogP contribution in [0.5, 0.6) is 0 Å². The zero-order chi connectivity index (χ0) is 22.4. The van der Waals surface area contributed by atoms with Gasteiger partial charge in [0.2, 0.25) is 11.8 Å². The third kappa shape index (κ3) is 6.38. The quantitative estimate of drug-likeness (QED) is 0.523. The molecular formula is C24H27Cl3N2O2. The molecule has 2 aromatic rings. The van der Waals surface area contributed by atoms with Crippen LogP contribution in [0.2, 0.25) is 15.1 Å². The molecule has 1 fully saturated rings. The molecule has 0 spiro atoms. The highest BCUT2D eigenvalue weighted by molar-refractivity contribution is 6.36. The average molecular weight is 482 g/mol. The molecule has 1 aliphatic rings. The maximum atomic E-state index is 13.3. The van der Waals surface area contributed by atoms with Crippen LogP contribution in [-0.2, 0) is 22.6 Å². The highest BCUT2D eigenvalue weighted by Gasteiger charge is 2.29. The summed E-state index contributed by atoms with van der Waals surface area (Å²) in [5.41, 5.74) is 1.33. The third-order valence-corrected chi connectivity index (χ3v) is 6.89. The number of carbonyl (C=O) groups excluding carboxylic acids is 2. The number of carbonyl (C=O) groups is 2. The zero-order valence-electron chi connectivity index (χ0n) is 17.5. The standard InChI is InChI=1S/C24H27Cl3N2O2/c1-16(24(31)28-18-9-3-2-4-10-18)29(15-19-21(26)12-7-13-22(19)27)23(30)14-17-8-5-6-11-20(17)25/h5-8,11-13,16,18H,2-4,9-10,14-15H2,1H3,(H,28,31)/t16-/m0/s1. The summed E-state index contributed by atoms with van der Waals surface area (Å²) in [6, 6.07) is 11.9.